The van der Waals surface area contributed by atoms with Crippen molar-refractivity contribution in [2.45, 2.75) is 58.0 Å². The van der Waals surface area contributed by atoms with E-state index in [1.807, 2.05) is 31.3 Å². The van der Waals surface area contributed by atoms with Gasteiger partial charge in [-0.15, -0.1) is 0 Å². The second-order valence-corrected chi connectivity index (χ2v) is 9.74. The molecule has 3 fully saturated rings. The number of rotatable bonds is 6. The standard InChI is InChI=1S/C26H30N6O2/c1-4-34-21-10-22(25-19(12-27)14-29-32(25)15-21)18-6-8-24(28-13-18)30-23-9-20-7-5-17(23)11-26(20,3)31-16(2)33/h6,8,10,13-15,17,20,23H,4-5,7,9,11H2,1-3H3,(H,28,30)(H,31,33). The third-order valence-electron chi connectivity index (χ3n) is 7.47. The van der Waals surface area contributed by atoms with Gasteiger partial charge in [0.15, 0.2) is 0 Å². The zero-order valence-corrected chi connectivity index (χ0v) is 19.8. The average Bonchev–Trinajstić information content (AvgIpc) is 3.23. The Balaban J connectivity index is 1.37. The first kappa shape index (κ1) is 22.2. The van der Waals surface area contributed by atoms with Crippen molar-refractivity contribution in [1.29, 1.82) is 5.26 Å². The molecule has 2 N–H and O–H groups in total. The predicted molar refractivity (Wildman–Crippen MR) is 129 cm³/mol. The van der Waals surface area contributed by atoms with E-state index in [0.717, 1.165) is 41.7 Å². The van der Waals surface area contributed by atoms with Crippen LogP contribution < -0.4 is 15.4 Å². The zero-order chi connectivity index (χ0) is 23.9. The summed E-state index contributed by atoms with van der Waals surface area (Å²) in [4.78, 5) is 16.4. The highest BCUT2D eigenvalue weighted by atomic mass is 16.5. The van der Waals surface area contributed by atoms with Crippen molar-refractivity contribution >= 4 is 17.2 Å². The highest BCUT2D eigenvalue weighted by Crippen LogP contribution is 2.48. The van der Waals surface area contributed by atoms with Crippen molar-refractivity contribution in [3.8, 4) is 22.9 Å². The number of pyridine rings is 2. The largest absolute Gasteiger partial charge is 0.492 e. The number of carbonyl (C=O) groups excluding carboxylic acids is 1. The number of nitrogens with one attached hydrogen (secondary N) is 2. The van der Waals surface area contributed by atoms with E-state index in [9.17, 15) is 10.1 Å². The lowest BCUT2D eigenvalue weighted by Crippen LogP contribution is -2.60. The number of ether oxygens (including phenoxy) is 1. The summed E-state index contributed by atoms with van der Waals surface area (Å²) in [5, 5.41) is 20.7. The minimum Gasteiger partial charge on any atom is -0.492 e. The van der Waals surface area contributed by atoms with Gasteiger partial charge in [-0.05, 0) is 69.6 Å². The summed E-state index contributed by atoms with van der Waals surface area (Å²) >= 11 is 0. The molecule has 176 valence electrons. The summed E-state index contributed by atoms with van der Waals surface area (Å²) in [6, 6.07) is 8.54. The van der Waals surface area contributed by atoms with Crippen LogP contribution in [0.1, 0.15) is 52.0 Å². The number of aromatic nitrogens is 3. The highest BCUT2D eigenvalue weighted by molar-refractivity contribution is 5.85. The lowest BCUT2D eigenvalue weighted by atomic mass is 9.59. The van der Waals surface area contributed by atoms with E-state index in [0.29, 0.717) is 35.8 Å². The molecule has 3 saturated carbocycles. The number of amides is 1. The minimum absolute atomic E-state index is 0.0528. The topological polar surface area (TPSA) is 104 Å². The van der Waals surface area contributed by atoms with Gasteiger partial charge in [0.2, 0.25) is 5.91 Å². The Morgan fingerprint density at radius 2 is 2.21 bits per heavy atom. The minimum atomic E-state index is -0.106. The maximum Gasteiger partial charge on any atom is 0.217 e. The number of carbonyl (C=O) groups is 1. The van der Waals surface area contributed by atoms with Crippen LogP contribution in [0, 0.1) is 23.2 Å². The van der Waals surface area contributed by atoms with Gasteiger partial charge >= 0.3 is 0 Å². The second-order valence-electron chi connectivity index (χ2n) is 9.74. The van der Waals surface area contributed by atoms with Gasteiger partial charge in [0.1, 0.15) is 17.6 Å². The van der Waals surface area contributed by atoms with Gasteiger partial charge in [0.05, 0.1) is 30.1 Å². The molecule has 6 rings (SSSR count). The molecule has 3 heterocycles. The summed E-state index contributed by atoms with van der Waals surface area (Å²) in [7, 11) is 0. The molecule has 8 nitrogen and oxygen atoms in total. The first-order chi connectivity index (χ1) is 16.4. The maximum absolute atomic E-state index is 11.7. The third-order valence-corrected chi connectivity index (χ3v) is 7.47. The first-order valence-electron chi connectivity index (χ1n) is 12.0. The summed E-state index contributed by atoms with van der Waals surface area (Å²) in [6.45, 7) is 6.28. The average molecular weight is 459 g/mol. The zero-order valence-electron chi connectivity index (χ0n) is 19.8. The van der Waals surface area contributed by atoms with Gasteiger partial charge in [-0.25, -0.2) is 9.50 Å². The Morgan fingerprint density at radius 3 is 2.85 bits per heavy atom. The molecule has 3 aromatic rings. The van der Waals surface area contributed by atoms with Gasteiger partial charge < -0.3 is 15.4 Å². The molecule has 4 atom stereocenters. The first-order valence-corrected chi connectivity index (χ1v) is 12.0. The molecule has 3 aliphatic rings. The van der Waals surface area contributed by atoms with Crippen LogP contribution in [-0.2, 0) is 4.79 Å². The van der Waals surface area contributed by atoms with Gasteiger partial charge in [-0.1, -0.05) is 0 Å². The third kappa shape index (κ3) is 3.96. The monoisotopic (exact) mass is 458 g/mol. The molecule has 8 heteroatoms. The Kier molecular flexibility index (Phi) is 5.64. The van der Waals surface area contributed by atoms with E-state index < -0.39 is 0 Å². The fourth-order valence-corrected chi connectivity index (χ4v) is 5.97. The Labute approximate surface area is 199 Å². The van der Waals surface area contributed by atoms with Crippen molar-refractivity contribution in [2.24, 2.45) is 11.8 Å². The van der Waals surface area contributed by atoms with E-state index in [-0.39, 0.29) is 11.4 Å². The lowest BCUT2D eigenvalue weighted by molar-refractivity contribution is -0.123. The number of anilines is 1. The molecular formula is C26H30N6O2. The van der Waals surface area contributed by atoms with Crippen LogP contribution >= 0.6 is 0 Å². The molecular weight excluding hydrogens is 428 g/mol. The lowest BCUT2D eigenvalue weighted by Gasteiger charge is -2.53. The van der Waals surface area contributed by atoms with Gasteiger partial charge in [0, 0.05) is 35.8 Å². The molecule has 4 unspecified atom stereocenters. The molecule has 0 spiro atoms. The van der Waals surface area contributed by atoms with Crippen LogP contribution in [0.5, 0.6) is 5.75 Å². The predicted octanol–water partition coefficient (Wildman–Crippen LogP) is 4.16. The highest BCUT2D eigenvalue weighted by Gasteiger charge is 2.49. The summed E-state index contributed by atoms with van der Waals surface area (Å²) in [5.74, 6) is 2.57. The van der Waals surface area contributed by atoms with Crippen LogP contribution in [0.4, 0.5) is 5.82 Å². The van der Waals surface area contributed by atoms with Gasteiger partial charge in [-0.3, -0.25) is 4.79 Å². The number of hydrogen-bond acceptors (Lipinski definition) is 6. The van der Waals surface area contributed by atoms with Crippen LogP contribution in [0.2, 0.25) is 0 Å². The Bertz CT molecular complexity index is 1260. The molecule has 34 heavy (non-hydrogen) atoms. The Morgan fingerprint density at radius 1 is 1.35 bits per heavy atom. The van der Waals surface area contributed by atoms with Crippen molar-refractivity contribution in [3.05, 3.63) is 42.4 Å². The van der Waals surface area contributed by atoms with E-state index in [1.54, 1.807) is 23.8 Å². The molecule has 0 aromatic carbocycles. The summed E-state index contributed by atoms with van der Waals surface area (Å²) in [6.07, 6.45) is 9.56. The van der Waals surface area contributed by atoms with Crippen molar-refractivity contribution in [3.63, 3.8) is 0 Å². The smallest absolute Gasteiger partial charge is 0.217 e. The fourth-order valence-electron chi connectivity index (χ4n) is 5.97. The molecule has 3 aromatic heterocycles. The maximum atomic E-state index is 11.7. The summed E-state index contributed by atoms with van der Waals surface area (Å²) in [5.41, 5.74) is 2.92. The van der Waals surface area contributed by atoms with Crippen LogP contribution in [0.3, 0.4) is 0 Å². The summed E-state index contributed by atoms with van der Waals surface area (Å²) < 4.78 is 7.40. The number of fused-ring (bicyclic) bond motifs is 4. The molecule has 2 bridgehead atoms. The molecule has 3 aliphatic carbocycles. The van der Waals surface area contributed by atoms with Crippen LogP contribution in [0.15, 0.2) is 36.8 Å². The van der Waals surface area contributed by atoms with Crippen molar-refractivity contribution in [2.75, 3.05) is 11.9 Å². The van der Waals surface area contributed by atoms with Crippen molar-refractivity contribution < 1.29 is 9.53 Å². The van der Waals surface area contributed by atoms with Gasteiger partial charge in [-0.2, -0.15) is 10.4 Å². The van der Waals surface area contributed by atoms with Gasteiger partial charge in [0.25, 0.3) is 0 Å². The normalized spacial score (nSPS) is 25.6. The number of hydrogen-bond donors (Lipinski definition) is 2. The van der Waals surface area contributed by atoms with E-state index >= 15 is 0 Å². The van der Waals surface area contributed by atoms with Crippen LogP contribution in [-0.4, -0.2) is 38.7 Å². The number of nitrogens with zero attached hydrogens (tertiary/aromatic N) is 4. The SMILES string of the molecule is CCOc1cc(-c2ccc(NC3CC4CCC3CC4(C)NC(C)=O)nc2)c2c(C#N)cnn2c1. The number of nitriles is 1. The Hall–Kier alpha value is -3.60. The molecule has 0 radical (unpaired) electrons. The van der Waals surface area contributed by atoms with E-state index in [2.05, 4.69) is 28.7 Å². The second kappa shape index (κ2) is 8.64. The fraction of sp³-hybridized carbons (Fsp3) is 0.462. The van der Waals surface area contributed by atoms with E-state index in [4.69, 9.17) is 9.72 Å². The quantitative estimate of drug-likeness (QED) is 0.575. The van der Waals surface area contributed by atoms with Crippen molar-refractivity contribution in [1.82, 2.24) is 19.9 Å². The van der Waals surface area contributed by atoms with E-state index in [1.165, 1.54) is 6.42 Å². The molecule has 1 amide bonds. The molecule has 0 aliphatic heterocycles. The molecule has 0 saturated heterocycles. The van der Waals surface area contributed by atoms with Crippen LogP contribution in [0.25, 0.3) is 16.6 Å².